The zero-order valence-electron chi connectivity index (χ0n) is 18.6. The highest BCUT2D eigenvalue weighted by Gasteiger charge is 2.38. The van der Waals surface area contributed by atoms with Gasteiger partial charge >= 0.3 is 5.97 Å². The molecule has 2 aromatic carbocycles. The molecular formula is C26H29NO5. The minimum Gasteiger partial charge on any atom is -0.493 e. The summed E-state index contributed by atoms with van der Waals surface area (Å²) in [5.74, 6) is 0.0894. The average Bonchev–Trinajstić information content (AvgIpc) is 3.66. The first kappa shape index (κ1) is 21.0. The SMILES string of the molecule is CC(=O)Nc1cc(C)c(C(OC2CC2)C(=O)O)c(-c2ccc3c(c2)CCCO3)c1C1CC1. The highest BCUT2D eigenvalue weighted by atomic mass is 16.5. The number of aliphatic carboxylic acids is 1. The lowest BCUT2D eigenvalue weighted by Gasteiger charge is -2.26. The number of carbonyl (C=O) groups is 2. The monoisotopic (exact) mass is 435 g/mol. The third kappa shape index (κ3) is 4.11. The van der Waals surface area contributed by atoms with Crippen molar-refractivity contribution in [1.82, 2.24) is 0 Å². The molecule has 6 nitrogen and oxygen atoms in total. The first-order valence-electron chi connectivity index (χ1n) is 11.5. The number of hydrogen-bond donors (Lipinski definition) is 2. The van der Waals surface area contributed by atoms with Crippen molar-refractivity contribution in [1.29, 1.82) is 0 Å². The molecule has 2 N–H and O–H groups in total. The Balaban J connectivity index is 1.75. The number of nitrogens with one attached hydrogen (secondary N) is 1. The number of carboxylic acid groups (broad SMARTS) is 1. The maximum atomic E-state index is 12.4. The van der Waals surface area contributed by atoms with Gasteiger partial charge in [-0.15, -0.1) is 0 Å². The van der Waals surface area contributed by atoms with E-state index in [9.17, 15) is 14.7 Å². The molecule has 2 aliphatic carbocycles. The van der Waals surface area contributed by atoms with E-state index in [0.29, 0.717) is 11.5 Å². The summed E-state index contributed by atoms with van der Waals surface area (Å²) in [6.07, 6.45) is 4.71. The van der Waals surface area contributed by atoms with Crippen molar-refractivity contribution < 1.29 is 24.2 Å². The molecule has 2 fully saturated rings. The molecule has 0 aromatic heterocycles. The van der Waals surface area contributed by atoms with Gasteiger partial charge in [0.1, 0.15) is 5.75 Å². The van der Waals surface area contributed by atoms with Crippen molar-refractivity contribution in [3.05, 3.63) is 46.5 Å². The first-order valence-corrected chi connectivity index (χ1v) is 11.5. The molecule has 1 unspecified atom stereocenters. The Morgan fingerprint density at radius 3 is 2.62 bits per heavy atom. The van der Waals surface area contributed by atoms with Gasteiger partial charge in [-0.05, 0) is 97.4 Å². The van der Waals surface area contributed by atoms with E-state index in [1.165, 1.54) is 6.92 Å². The third-order valence-electron chi connectivity index (χ3n) is 6.45. The molecule has 6 heteroatoms. The Bertz CT molecular complexity index is 1080. The Hall–Kier alpha value is -2.86. The first-order chi connectivity index (χ1) is 15.4. The molecule has 0 saturated heterocycles. The van der Waals surface area contributed by atoms with Gasteiger partial charge in [0, 0.05) is 18.2 Å². The van der Waals surface area contributed by atoms with Crippen molar-refractivity contribution in [3.63, 3.8) is 0 Å². The van der Waals surface area contributed by atoms with Crippen LogP contribution in [-0.4, -0.2) is 29.7 Å². The molecule has 3 aliphatic rings. The molecule has 5 rings (SSSR count). The van der Waals surface area contributed by atoms with Crippen molar-refractivity contribution in [2.45, 2.75) is 70.5 Å². The Labute approximate surface area is 187 Å². The van der Waals surface area contributed by atoms with E-state index in [4.69, 9.17) is 9.47 Å². The minimum absolute atomic E-state index is 0.000297. The van der Waals surface area contributed by atoms with Crippen molar-refractivity contribution in [3.8, 4) is 16.9 Å². The zero-order chi connectivity index (χ0) is 22.4. The number of carbonyl (C=O) groups excluding carboxylic acids is 1. The second kappa shape index (κ2) is 8.24. The van der Waals surface area contributed by atoms with Crippen molar-refractivity contribution >= 4 is 17.6 Å². The lowest BCUT2D eigenvalue weighted by molar-refractivity contribution is -0.151. The van der Waals surface area contributed by atoms with Crippen LogP contribution in [-0.2, 0) is 20.7 Å². The highest BCUT2D eigenvalue weighted by Crippen LogP contribution is 2.52. The van der Waals surface area contributed by atoms with Gasteiger partial charge in [0.2, 0.25) is 5.91 Å². The number of aryl methyl sites for hydroxylation is 2. The van der Waals surface area contributed by atoms with Gasteiger partial charge in [-0.1, -0.05) is 6.07 Å². The molecule has 1 amide bonds. The average molecular weight is 436 g/mol. The molecule has 2 saturated carbocycles. The molecule has 0 spiro atoms. The molecule has 1 heterocycles. The summed E-state index contributed by atoms with van der Waals surface area (Å²) in [5, 5.41) is 13.1. The molecule has 2 aromatic rings. The number of carboxylic acids is 1. The van der Waals surface area contributed by atoms with E-state index in [-0.39, 0.29) is 12.0 Å². The number of anilines is 1. The summed E-state index contributed by atoms with van der Waals surface area (Å²) < 4.78 is 11.8. The number of hydrogen-bond acceptors (Lipinski definition) is 4. The van der Waals surface area contributed by atoms with Gasteiger partial charge < -0.3 is 19.9 Å². The number of rotatable bonds is 7. The predicted molar refractivity (Wildman–Crippen MR) is 121 cm³/mol. The maximum Gasteiger partial charge on any atom is 0.337 e. The Morgan fingerprint density at radius 1 is 1.19 bits per heavy atom. The Kier molecular flexibility index (Phi) is 5.41. The van der Waals surface area contributed by atoms with Gasteiger partial charge in [-0.3, -0.25) is 4.79 Å². The standard InChI is InChI=1S/C26H29NO5/c1-14-12-20(27-15(2)28)23(16-5-6-16)24(22(14)25(26(29)30)32-19-8-9-19)18-7-10-21-17(13-18)4-3-11-31-21/h7,10,12-13,16,19,25H,3-6,8-9,11H2,1-2H3,(H,27,28)(H,29,30). The zero-order valence-corrected chi connectivity index (χ0v) is 18.6. The molecule has 0 bridgehead atoms. The van der Waals surface area contributed by atoms with Gasteiger partial charge in [-0.25, -0.2) is 4.79 Å². The minimum atomic E-state index is -1.03. The lowest BCUT2D eigenvalue weighted by Crippen LogP contribution is -2.20. The molecule has 32 heavy (non-hydrogen) atoms. The second-order valence-corrected chi connectivity index (χ2v) is 9.23. The Morgan fingerprint density at radius 2 is 1.97 bits per heavy atom. The molecule has 1 atom stereocenters. The second-order valence-electron chi connectivity index (χ2n) is 9.23. The van der Waals surface area contributed by atoms with Crippen LogP contribution in [0.1, 0.15) is 73.3 Å². The van der Waals surface area contributed by atoms with Crippen LogP contribution in [0.5, 0.6) is 5.75 Å². The van der Waals surface area contributed by atoms with Crippen LogP contribution >= 0.6 is 0 Å². The van der Waals surface area contributed by atoms with Crippen LogP contribution in [0.25, 0.3) is 11.1 Å². The number of ether oxygens (including phenoxy) is 2. The molecular weight excluding hydrogens is 406 g/mol. The summed E-state index contributed by atoms with van der Waals surface area (Å²) in [5.41, 5.74) is 6.33. The number of amides is 1. The summed E-state index contributed by atoms with van der Waals surface area (Å²) in [4.78, 5) is 24.4. The summed E-state index contributed by atoms with van der Waals surface area (Å²) >= 11 is 0. The van der Waals surface area contributed by atoms with Crippen LogP contribution in [0.2, 0.25) is 0 Å². The van der Waals surface area contributed by atoms with Gasteiger partial charge in [-0.2, -0.15) is 0 Å². The predicted octanol–water partition coefficient (Wildman–Crippen LogP) is 5.13. The fourth-order valence-corrected chi connectivity index (χ4v) is 4.75. The maximum absolute atomic E-state index is 12.4. The molecule has 1 aliphatic heterocycles. The van der Waals surface area contributed by atoms with E-state index >= 15 is 0 Å². The van der Waals surface area contributed by atoms with Crippen molar-refractivity contribution in [2.24, 2.45) is 0 Å². The number of benzene rings is 2. The smallest absolute Gasteiger partial charge is 0.337 e. The third-order valence-corrected chi connectivity index (χ3v) is 6.45. The van der Waals surface area contributed by atoms with E-state index in [0.717, 1.165) is 84.4 Å². The van der Waals surface area contributed by atoms with Crippen LogP contribution in [0.15, 0.2) is 24.3 Å². The van der Waals surface area contributed by atoms with E-state index in [1.807, 2.05) is 25.1 Å². The van der Waals surface area contributed by atoms with E-state index < -0.39 is 12.1 Å². The summed E-state index contributed by atoms with van der Waals surface area (Å²) in [7, 11) is 0. The largest absolute Gasteiger partial charge is 0.493 e. The van der Waals surface area contributed by atoms with Gasteiger partial charge in [0.25, 0.3) is 0 Å². The van der Waals surface area contributed by atoms with Gasteiger partial charge in [0.05, 0.1) is 12.7 Å². The van der Waals surface area contributed by atoms with E-state index in [2.05, 4.69) is 11.4 Å². The normalized spacial score (nSPS) is 18.4. The highest BCUT2D eigenvalue weighted by molar-refractivity contribution is 5.94. The number of fused-ring (bicyclic) bond motifs is 1. The quantitative estimate of drug-likeness (QED) is 0.630. The van der Waals surface area contributed by atoms with Crippen LogP contribution < -0.4 is 10.1 Å². The van der Waals surface area contributed by atoms with Crippen molar-refractivity contribution in [2.75, 3.05) is 11.9 Å². The fourth-order valence-electron chi connectivity index (χ4n) is 4.75. The fraction of sp³-hybridized carbons (Fsp3) is 0.462. The van der Waals surface area contributed by atoms with Crippen LogP contribution in [0.3, 0.4) is 0 Å². The molecule has 0 radical (unpaired) electrons. The van der Waals surface area contributed by atoms with E-state index in [1.54, 1.807) is 0 Å². The topological polar surface area (TPSA) is 84.9 Å². The summed E-state index contributed by atoms with van der Waals surface area (Å²) in [6, 6.07) is 8.05. The molecule has 168 valence electrons. The van der Waals surface area contributed by atoms with Gasteiger partial charge in [0.15, 0.2) is 6.10 Å². The lowest BCUT2D eigenvalue weighted by atomic mass is 9.84. The van der Waals surface area contributed by atoms with Crippen LogP contribution in [0, 0.1) is 6.92 Å². The van der Waals surface area contributed by atoms with Crippen LogP contribution in [0.4, 0.5) is 5.69 Å². The summed E-state index contributed by atoms with van der Waals surface area (Å²) in [6.45, 7) is 4.14.